The summed E-state index contributed by atoms with van der Waals surface area (Å²) in [6.07, 6.45) is -0.145. The number of amides is 3. The predicted octanol–water partition coefficient (Wildman–Crippen LogP) is 2.41. The molecule has 0 radical (unpaired) electrons. The molecule has 1 atom stereocenters. The molecule has 0 bridgehead atoms. The molecule has 33 heavy (non-hydrogen) atoms. The minimum absolute atomic E-state index is 0.136. The van der Waals surface area contributed by atoms with E-state index in [0.29, 0.717) is 29.8 Å². The lowest BCUT2D eigenvalue weighted by atomic mass is 10.1. The van der Waals surface area contributed by atoms with Gasteiger partial charge in [-0.15, -0.1) is 0 Å². The maximum Gasteiger partial charge on any atom is 0.407 e. The van der Waals surface area contributed by atoms with E-state index in [-0.39, 0.29) is 18.9 Å². The van der Waals surface area contributed by atoms with Crippen molar-refractivity contribution in [2.75, 3.05) is 32.1 Å². The zero-order chi connectivity index (χ0) is 24.4. The van der Waals surface area contributed by atoms with E-state index in [1.54, 1.807) is 55.5 Å². The van der Waals surface area contributed by atoms with Crippen molar-refractivity contribution >= 4 is 29.4 Å². The number of ether oxygens (including phenoxy) is 1. The number of nitrogens with two attached hydrogens (primary N) is 1. The van der Waals surface area contributed by atoms with Gasteiger partial charge in [-0.2, -0.15) is 0 Å². The first kappa shape index (κ1) is 25.5. The Morgan fingerprint density at radius 3 is 2.39 bits per heavy atom. The molecular formula is C24H30N4O5. The van der Waals surface area contributed by atoms with Crippen LogP contribution in [0.5, 0.6) is 0 Å². The van der Waals surface area contributed by atoms with Crippen LogP contribution in [0.4, 0.5) is 10.5 Å². The van der Waals surface area contributed by atoms with Gasteiger partial charge in [0, 0.05) is 17.8 Å². The number of ketones is 1. The molecule has 9 nitrogen and oxygen atoms in total. The Morgan fingerprint density at radius 2 is 1.79 bits per heavy atom. The molecule has 1 unspecified atom stereocenters. The van der Waals surface area contributed by atoms with E-state index in [1.165, 1.54) is 12.0 Å². The summed E-state index contributed by atoms with van der Waals surface area (Å²) in [7, 11) is 1.21. The fraction of sp³-hybridized carbons (Fsp3) is 0.333. The lowest BCUT2D eigenvalue weighted by Crippen LogP contribution is -2.46. The maximum absolute atomic E-state index is 13.3. The molecule has 0 aliphatic rings. The first-order chi connectivity index (χ1) is 15.8. The molecule has 2 rings (SSSR count). The zero-order valence-corrected chi connectivity index (χ0v) is 19.1. The van der Waals surface area contributed by atoms with Crippen LogP contribution in [0.3, 0.4) is 0 Å². The topological polar surface area (TPSA) is 131 Å². The number of hydrogen-bond donors (Lipinski definition) is 3. The van der Waals surface area contributed by atoms with Crippen molar-refractivity contribution in [1.29, 1.82) is 0 Å². The van der Waals surface area contributed by atoms with Gasteiger partial charge < -0.3 is 26.0 Å². The normalized spacial score (nSPS) is 11.3. The van der Waals surface area contributed by atoms with Crippen molar-refractivity contribution in [3.8, 4) is 0 Å². The van der Waals surface area contributed by atoms with Gasteiger partial charge in [0.1, 0.15) is 6.04 Å². The Labute approximate surface area is 193 Å². The average Bonchev–Trinajstić information content (AvgIpc) is 2.83. The lowest BCUT2D eigenvalue weighted by molar-refractivity contribution is -0.136. The molecule has 0 fully saturated rings. The van der Waals surface area contributed by atoms with Crippen molar-refractivity contribution < 1.29 is 23.9 Å². The number of nitrogens with one attached hydrogen (secondary N) is 2. The minimum Gasteiger partial charge on any atom is -0.453 e. The molecule has 0 spiro atoms. The SMILES string of the molecule is CCCN(CC(=O)Nc1cc(C(=O)CN)ccc1C)C(=O)C(NC(=O)OC)c1ccccc1. The molecule has 0 aliphatic carbocycles. The molecule has 176 valence electrons. The summed E-state index contributed by atoms with van der Waals surface area (Å²) in [6.45, 7) is 3.63. The van der Waals surface area contributed by atoms with Crippen LogP contribution in [0.15, 0.2) is 48.5 Å². The monoisotopic (exact) mass is 454 g/mol. The summed E-state index contributed by atoms with van der Waals surface area (Å²) >= 11 is 0. The van der Waals surface area contributed by atoms with Crippen LogP contribution in [0.2, 0.25) is 0 Å². The van der Waals surface area contributed by atoms with Crippen LogP contribution in [0.1, 0.15) is 40.9 Å². The Hall–Kier alpha value is -3.72. The fourth-order valence-corrected chi connectivity index (χ4v) is 3.24. The number of carbonyl (C=O) groups excluding carboxylic acids is 4. The summed E-state index contributed by atoms with van der Waals surface area (Å²) in [5, 5.41) is 5.31. The Kier molecular flexibility index (Phi) is 9.56. The molecule has 2 aromatic rings. The molecule has 0 saturated carbocycles. The number of aryl methyl sites for hydroxylation is 1. The molecule has 2 aromatic carbocycles. The number of alkyl carbamates (subject to hydrolysis) is 1. The second-order valence-corrected chi connectivity index (χ2v) is 7.44. The van der Waals surface area contributed by atoms with Gasteiger partial charge in [0.05, 0.1) is 20.2 Å². The van der Waals surface area contributed by atoms with Crippen LogP contribution >= 0.6 is 0 Å². The third-order valence-electron chi connectivity index (χ3n) is 4.99. The smallest absolute Gasteiger partial charge is 0.407 e. The van der Waals surface area contributed by atoms with Gasteiger partial charge in [0.15, 0.2) is 5.78 Å². The van der Waals surface area contributed by atoms with Crippen molar-refractivity contribution in [3.63, 3.8) is 0 Å². The van der Waals surface area contributed by atoms with Gasteiger partial charge in [-0.3, -0.25) is 14.4 Å². The van der Waals surface area contributed by atoms with Crippen molar-refractivity contribution in [3.05, 3.63) is 65.2 Å². The average molecular weight is 455 g/mol. The van der Waals surface area contributed by atoms with Crippen LogP contribution in [-0.2, 0) is 14.3 Å². The molecule has 3 amide bonds. The van der Waals surface area contributed by atoms with E-state index in [9.17, 15) is 19.2 Å². The fourth-order valence-electron chi connectivity index (χ4n) is 3.24. The Morgan fingerprint density at radius 1 is 1.09 bits per heavy atom. The summed E-state index contributed by atoms with van der Waals surface area (Å²) in [6, 6.07) is 12.7. The van der Waals surface area contributed by atoms with Gasteiger partial charge in [-0.1, -0.05) is 49.4 Å². The lowest BCUT2D eigenvalue weighted by Gasteiger charge is -2.27. The standard InChI is InChI=1S/C24H30N4O5/c1-4-12-28(23(31)22(27-24(32)33-3)17-8-6-5-7-9-17)15-21(30)26-19-13-18(20(29)14-25)11-10-16(19)2/h5-11,13,22H,4,12,14-15,25H2,1-3H3,(H,26,30)(H,27,32). The summed E-state index contributed by atoms with van der Waals surface area (Å²) < 4.78 is 4.67. The number of carbonyl (C=O) groups is 4. The summed E-state index contributed by atoms with van der Waals surface area (Å²) in [4.78, 5) is 51.3. The number of benzene rings is 2. The van der Waals surface area contributed by atoms with E-state index in [1.807, 2.05) is 6.92 Å². The highest BCUT2D eigenvalue weighted by atomic mass is 16.5. The van der Waals surface area contributed by atoms with Gasteiger partial charge in [-0.25, -0.2) is 4.79 Å². The number of methoxy groups -OCH3 is 1. The van der Waals surface area contributed by atoms with Gasteiger partial charge in [0.2, 0.25) is 11.8 Å². The molecule has 9 heteroatoms. The van der Waals surface area contributed by atoms with Gasteiger partial charge in [0.25, 0.3) is 0 Å². The van der Waals surface area contributed by atoms with Crippen LogP contribution in [0.25, 0.3) is 0 Å². The number of hydrogen-bond acceptors (Lipinski definition) is 6. The predicted molar refractivity (Wildman–Crippen MR) is 125 cm³/mol. The third-order valence-corrected chi connectivity index (χ3v) is 4.99. The third kappa shape index (κ3) is 7.15. The van der Waals surface area contributed by atoms with E-state index >= 15 is 0 Å². The number of Topliss-reactive ketones (excluding diaryl/α,β-unsaturated/α-hetero) is 1. The maximum atomic E-state index is 13.3. The van der Waals surface area contributed by atoms with Crippen molar-refractivity contribution in [2.45, 2.75) is 26.3 Å². The number of rotatable bonds is 10. The van der Waals surface area contributed by atoms with E-state index < -0.39 is 23.9 Å². The second-order valence-electron chi connectivity index (χ2n) is 7.44. The van der Waals surface area contributed by atoms with Crippen LogP contribution in [-0.4, -0.2) is 55.3 Å². The molecular weight excluding hydrogens is 424 g/mol. The van der Waals surface area contributed by atoms with E-state index in [0.717, 1.165) is 5.56 Å². The van der Waals surface area contributed by atoms with E-state index in [4.69, 9.17) is 5.73 Å². The van der Waals surface area contributed by atoms with Gasteiger partial charge >= 0.3 is 6.09 Å². The minimum atomic E-state index is -1.01. The Bertz CT molecular complexity index is 994. The van der Waals surface area contributed by atoms with Crippen LogP contribution in [0, 0.1) is 6.92 Å². The molecule has 0 heterocycles. The highest BCUT2D eigenvalue weighted by molar-refractivity contribution is 6.01. The highest BCUT2D eigenvalue weighted by Crippen LogP contribution is 2.19. The number of nitrogens with zero attached hydrogens (tertiary/aromatic N) is 1. The quantitative estimate of drug-likeness (QED) is 0.473. The first-order valence-corrected chi connectivity index (χ1v) is 10.6. The van der Waals surface area contributed by atoms with Gasteiger partial charge in [-0.05, 0) is 30.5 Å². The summed E-state index contributed by atoms with van der Waals surface area (Å²) in [5.41, 5.74) is 7.62. The van der Waals surface area contributed by atoms with E-state index in [2.05, 4.69) is 15.4 Å². The number of anilines is 1. The molecule has 0 aliphatic heterocycles. The second kappa shape index (κ2) is 12.4. The molecule has 0 aromatic heterocycles. The van der Waals surface area contributed by atoms with Crippen LogP contribution < -0.4 is 16.4 Å². The summed E-state index contributed by atoms with van der Waals surface area (Å²) in [5.74, 6) is -1.11. The molecule has 4 N–H and O–H groups in total. The van der Waals surface area contributed by atoms with Crippen molar-refractivity contribution in [2.24, 2.45) is 5.73 Å². The largest absolute Gasteiger partial charge is 0.453 e. The van der Waals surface area contributed by atoms with Crippen molar-refractivity contribution in [1.82, 2.24) is 10.2 Å². The highest BCUT2D eigenvalue weighted by Gasteiger charge is 2.29. The first-order valence-electron chi connectivity index (χ1n) is 10.6. The molecule has 0 saturated heterocycles. The zero-order valence-electron chi connectivity index (χ0n) is 19.1. The Balaban J connectivity index is 2.22.